The molecule has 31 heavy (non-hydrogen) atoms. The first kappa shape index (κ1) is 23.5. The first-order chi connectivity index (χ1) is 15.2. The number of amides is 1. The molecule has 0 radical (unpaired) electrons. The molecule has 1 saturated carbocycles. The van der Waals surface area contributed by atoms with Gasteiger partial charge in [0.05, 0.1) is 13.2 Å². The summed E-state index contributed by atoms with van der Waals surface area (Å²) in [6.45, 7) is 9.80. The highest BCUT2D eigenvalue weighted by molar-refractivity contribution is 5.80. The van der Waals surface area contributed by atoms with Gasteiger partial charge in [-0.2, -0.15) is 0 Å². The van der Waals surface area contributed by atoms with Gasteiger partial charge < -0.3 is 20.3 Å². The molecular formula is C24H39N5O2. The Bertz CT molecular complexity index is 684. The maximum atomic E-state index is 12.4. The van der Waals surface area contributed by atoms with E-state index in [2.05, 4.69) is 44.5 Å². The average Bonchev–Trinajstić information content (AvgIpc) is 2.76. The third-order valence-corrected chi connectivity index (χ3v) is 6.21. The minimum atomic E-state index is 0.314. The normalized spacial score (nSPS) is 19.0. The van der Waals surface area contributed by atoms with Crippen molar-refractivity contribution in [2.75, 3.05) is 59.5 Å². The van der Waals surface area contributed by atoms with E-state index < -0.39 is 0 Å². The van der Waals surface area contributed by atoms with Gasteiger partial charge in [0.1, 0.15) is 0 Å². The molecule has 1 aliphatic heterocycles. The van der Waals surface area contributed by atoms with Gasteiger partial charge in [-0.1, -0.05) is 43.7 Å². The zero-order valence-electron chi connectivity index (χ0n) is 19.2. The van der Waals surface area contributed by atoms with Crippen LogP contribution in [0.4, 0.5) is 0 Å². The summed E-state index contributed by atoms with van der Waals surface area (Å²) >= 11 is 0. The highest BCUT2D eigenvalue weighted by Gasteiger charge is 2.30. The highest BCUT2D eigenvalue weighted by Crippen LogP contribution is 2.28. The van der Waals surface area contributed by atoms with Crippen LogP contribution in [0.15, 0.2) is 35.3 Å². The lowest BCUT2D eigenvalue weighted by Crippen LogP contribution is -2.52. The topological polar surface area (TPSA) is 69.2 Å². The largest absolute Gasteiger partial charge is 0.376 e. The van der Waals surface area contributed by atoms with Gasteiger partial charge >= 0.3 is 0 Å². The second kappa shape index (κ2) is 12.7. The molecule has 1 heterocycles. The fourth-order valence-corrected chi connectivity index (χ4v) is 3.94. The van der Waals surface area contributed by atoms with Crippen LogP contribution in [0.5, 0.6) is 0 Å². The monoisotopic (exact) mass is 429 g/mol. The fourth-order valence-electron chi connectivity index (χ4n) is 3.94. The Kier molecular flexibility index (Phi) is 9.62. The molecule has 1 unspecified atom stereocenters. The summed E-state index contributed by atoms with van der Waals surface area (Å²) < 4.78 is 5.82. The van der Waals surface area contributed by atoms with Gasteiger partial charge in [0.2, 0.25) is 5.91 Å². The quantitative estimate of drug-likeness (QED) is 0.440. The van der Waals surface area contributed by atoms with Gasteiger partial charge in [-0.25, -0.2) is 0 Å². The van der Waals surface area contributed by atoms with Crippen molar-refractivity contribution in [3.63, 3.8) is 0 Å². The van der Waals surface area contributed by atoms with Gasteiger partial charge in [-0.3, -0.25) is 14.7 Å². The van der Waals surface area contributed by atoms with E-state index in [0.717, 1.165) is 64.6 Å². The summed E-state index contributed by atoms with van der Waals surface area (Å²) in [7, 11) is 1.80. The Balaban J connectivity index is 1.23. The molecule has 1 aromatic rings. The second-order valence-corrected chi connectivity index (χ2v) is 8.78. The number of hydrogen-bond acceptors (Lipinski definition) is 4. The van der Waals surface area contributed by atoms with E-state index in [0.29, 0.717) is 31.0 Å². The van der Waals surface area contributed by atoms with Crippen molar-refractivity contribution in [2.45, 2.75) is 32.8 Å². The molecule has 1 amide bonds. The van der Waals surface area contributed by atoms with Crippen LogP contribution in [0.3, 0.4) is 0 Å². The number of benzene rings is 1. The number of nitrogens with zero attached hydrogens (tertiary/aromatic N) is 3. The van der Waals surface area contributed by atoms with Crippen molar-refractivity contribution < 1.29 is 9.53 Å². The minimum absolute atomic E-state index is 0.314. The minimum Gasteiger partial charge on any atom is -0.376 e. The van der Waals surface area contributed by atoms with Crippen LogP contribution in [0, 0.1) is 11.8 Å². The van der Waals surface area contributed by atoms with Crippen LogP contribution in [-0.4, -0.2) is 81.1 Å². The van der Waals surface area contributed by atoms with Crippen molar-refractivity contribution in [1.82, 2.24) is 20.4 Å². The molecule has 0 spiro atoms. The number of hydrogen-bond donors (Lipinski definition) is 2. The third kappa shape index (κ3) is 7.82. The van der Waals surface area contributed by atoms with Crippen LogP contribution >= 0.6 is 0 Å². The van der Waals surface area contributed by atoms with Crippen LogP contribution in [0.1, 0.15) is 31.7 Å². The molecule has 0 aromatic heterocycles. The molecule has 7 nitrogen and oxygen atoms in total. The number of ether oxygens (including phenoxy) is 1. The first-order valence-electron chi connectivity index (χ1n) is 11.7. The molecule has 2 aliphatic rings. The molecule has 2 N–H and O–H groups in total. The SMILES string of the molecule is CN=C(NCCN1CCN(C(=O)C2CCC2)CC1)NCC(C)COCc1ccccc1. The lowest BCUT2D eigenvalue weighted by atomic mass is 9.84. The molecule has 1 aliphatic carbocycles. The summed E-state index contributed by atoms with van der Waals surface area (Å²) in [6.07, 6.45) is 3.40. The van der Waals surface area contributed by atoms with Crippen molar-refractivity contribution in [3.8, 4) is 0 Å². The maximum absolute atomic E-state index is 12.4. The Morgan fingerprint density at radius 1 is 1.16 bits per heavy atom. The van der Waals surface area contributed by atoms with Crippen molar-refractivity contribution in [3.05, 3.63) is 35.9 Å². The summed E-state index contributed by atoms with van der Waals surface area (Å²) in [6, 6.07) is 10.3. The maximum Gasteiger partial charge on any atom is 0.225 e. The third-order valence-electron chi connectivity index (χ3n) is 6.21. The summed E-state index contributed by atoms with van der Waals surface area (Å²) in [5.74, 6) is 1.92. The number of piperazine rings is 1. The average molecular weight is 430 g/mol. The van der Waals surface area contributed by atoms with E-state index in [1.807, 2.05) is 18.2 Å². The van der Waals surface area contributed by atoms with E-state index >= 15 is 0 Å². The van der Waals surface area contributed by atoms with Gasteiger partial charge in [-0.15, -0.1) is 0 Å². The molecule has 3 rings (SSSR count). The number of carbonyl (C=O) groups excluding carboxylic acids is 1. The Hall–Kier alpha value is -2.12. The number of guanidine groups is 1. The standard InChI is InChI=1S/C24H39N5O2/c1-20(18-31-19-21-7-4-3-5-8-21)17-27-24(25-2)26-11-12-28-13-15-29(16-14-28)23(30)22-9-6-10-22/h3-5,7-8,20,22H,6,9-19H2,1-2H3,(H2,25,26,27). The molecule has 1 aromatic carbocycles. The van der Waals surface area contributed by atoms with Gasteiger partial charge in [0.25, 0.3) is 0 Å². The lowest BCUT2D eigenvalue weighted by molar-refractivity contribution is -0.139. The zero-order chi connectivity index (χ0) is 21.9. The fraction of sp³-hybridized carbons (Fsp3) is 0.667. The summed E-state index contributed by atoms with van der Waals surface area (Å²) in [5.41, 5.74) is 1.20. The smallest absolute Gasteiger partial charge is 0.225 e. The molecule has 7 heteroatoms. The molecular weight excluding hydrogens is 390 g/mol. The van der Waals surface area contributed by atoms with Crippen LogP contribution < -0.4 is 10.6 Å². The highest BCUT2D eigenvalue weighted by atomic mass is 16.5. The molecule has 1 saturated heterocycles. The van der Waals surface area contributed by atoms with E-state index in [1.54, 1.807) is 7.05 Å². The van der Waals surface area contributed by atoms with Crippen molar-refractivity contribution in [1.29, 1.82) is 0 Å². The molecule has 2 fully saturated rings. The number of aliphatic imine (C=N–C) groups is 1. The van der Waals surface area contributed by atoms with Crippen LogP contribution in [-0.2, 0) is 16.1 Å². The zero-order valence-corrected chi connectivity index (χ0v) is 19.2. The van der Waals surface area contributed by atoms with Crippen LogP contribution in [0.25, 0.3) is 0 Å². The van der Waals surface area contributed by atoms with Crippen LogP contribution in [0.2, 0.25) is 0 Å². The Labute approximate surface area is 187 Å². The molecule has 1 atom stereocenters. The predicted octanol–water partition coefficient (Wildman–Crippen LogP) is 1.95. The van der Waals surface area contributed by atoms with Crippen molar-refractivity contribution in [2.24, 2.45) is 16.8 Å². The summed E-state index contributed by atoms with van der Waals surface area (Å²) in [5, 5.41) is 6.79. The number of carbonyl (C=O) groups is 1. The predicted molar refractivity (Wildman–Crippen MR) is 125 cm³/mol. The Morgan fingerprint density at radius 3 is 2.55 bits per heavy atom. The lowest BCUT2D eigenvalue weighted by Gasteiger charge is -2.38. The van der Waals surface area contributed by atoms with E-state index in [9.17, 15) is 4.79 Å². The molecule has 172 valence electrons. The van der Waals surface area contributed by atoms with E-state index in [4.69, 9.17) is 4.74 Å². The summed E-state index contributed by atoms with van der Waals surface area (Å²) in [4.78, 5) is 21.2. The Morgan fingerprint density at radius 2 is 1.90 bits per heavy atom. The van der Waals surface area contributed by atoms with Gasteiger partial charge in [-0.05, 0) is 24.3 Å². The number of nitrogens with one attached hydrogen (secondary N) is 2. The van der Waals surface area contributed by atoms with Gasteiger partial charge in [0, 0.05) is 58.8 Å². The van der Waals surface area contributed by atoms with Gasteiger partial charge in [0.15, 0.2) is 5.96 Å². The molecule has 0 bridgehead atoms. The van der Waals surface area contributed by atoms with E-state index in [-0.39, 0.29) is 0 Å². The number of rotatable bonds is 10. The van der Waals surface area contributed by atoms with E-state index in [1.165, 1.54) is 12.0 Å². The first-order valence-corrected chi connectivity index (χ1v) is 11.7. The van der Waals surface area contributed by atoms with Crippen molar-refractivity contribution >= 4 is 11.9 Å². The second-order valence-electron chi connectivity index (χ2n) is 8.78.